The first-order chi connectivity index (χ1) is 10.1. The van der Waals surface area contributed by atoms with Crippen LogP contribution in [0.25, 0.3) is 0 Å². The normalized spacial score (nSPS) is 20.6. The summed E-state index contributed by atoms with van der Waals surface area (Å²) in [4.78, 5) is 0. The van der Waals surface area contributed by atoms with E-state index in [2.05, 4.69) is 0 Å². The van der Waals surface area contributed by atoms with Gasteiger partial charge in [0.25, 0.3) is 0 Å². The lowest BCUT2D eigenvalue weighted by molar-refractivity contribution is 0.161. The van der Waals surface area contributed by atoms with Crippen molar-refractivity contribution in [1.29, 1.82) is 0 Å². The molecule has 1 heterocycles. The average molecular weight is 324 g/mol. The largest absolute Gasteiger partial charge is 0.497 e. The molecule has 1 aliphatic heterocycles. The van der Waals surface area contributed by atoms with Crippen molar-refractivity contribution in [2.24, 2.45) is 5.73 Å². The number of ether oxygens (including phenoxy) is 2. The molecule has 5 heteroatoms. The molecule has 2 N–H and O–H groups in total. The molecular weight excluding hydrogens is 309 g/mol. The summed E-state index contributed by atoms with van der Waals surface area (Å²) in [7, 11) is 1.63. The molecule has 1 aliphatic rings. The molecule has 0 bridgehead atoms. The summed E-state index contributed by atoms with van der Waals surface area (Å²) in [6.07, 6.45) is 0.437. The molecule has 0 aromatic heterocycles. The number of hydrogen-bond donors (Lipinski definition) is 1. The molecule has 2 atom stereocenters. The SMILES string of the molecule is COc1ccc2c(c1)[C@@H](N)CC(c1cc(Cl)ccc1Cl)O2. The molecule has 0 saturated heterocycles. The van der Waals surface area contributed by atoms with Crippen LogP contribution in [-0.4, -0.2) is 7.11 Å². The van der Waals surface area contributed by atoms with Crippen LogP contribution >= 0.6 is 23.2 Å². The van der Waals surface area contributed by atoms with Crippen molar-refractivity contribution in [1.82, 2.24) is 0 Å². The number of hydrogen-bond acceptors (Lipinski definition) is 3. The van der Waals surface area contributed by atoms with Gasteiger partial charge in [0, 0.05) is 33.6 Å². The molecule has 0 fully saturated rings. The molecule has 1 unspecified atom stereocenters. The maximum absolute atomic E-state index is 6.27. The van der Waals surface area contributed by atoms with E-state index in [4.69, 9.17) is 38.4 Å². The smallest absolute Gasteiger partial charge is 0.127 e. The highest BCUT2D eigenvalue weighted by molar-refractivity contribution is 6.33. The second kappa shape index (κ2) is 5.76. The monoisotopic (exact) mass is 323 g/mol. The number of nitrogens with two attached hydrogens (primary N) is 1. The average Bonchev–Trinajstić information content (AvgIpc) is 2.49. The predicted octanol–water partition coefficient (Wildman–Crippen LogP) is 4.53. The van der Waals surface area contributed by atoms with Crippen LogP contribution in [0.3, 0.4) is 0 Å². The van der Waals surface area contributed by atoms with Gasteiger partial charge in [-0.2, -0.15) is 0 Å². The Balaban J connectivity index is 1.96. The van der Waals surface area contributed by atoms with Crippen LogP contribution in [0.5, 0.6) is 11.5 Å². The van der Waals surface area contributed by atoms with Gasteiger partial charge in [-0.3, -0.25) is 0 Å². The van der Waals surface area contributed by atoms with Crippen molar-refractivity contribution in [2.45, 2.75) is 18.6 Å². The molecular formula is C16H15Cl2NO2. The minimum atomic E-state index is -0.202. The van der Waals surface area contributed by atoms with E-state index in [0.717, 1.165) is 22.6 Å². The minimum Gasteiger partial charge on any atom is -0.497 e. The number of methoxy groups -OCH3 is 1. The Hall–Kier alpha value is -1.42. The Morgan fingerprint density at radius 2 is 1.95 bits per heavy atom. The third-order valence-electron chi connectivity index (χ3n) is 3.66. The number of fused-ring (bicyclic) bond motifs is 1. The fourth-order valence-electron chi connectivity index (χ4n) is 2.56. The molecule has 2 aromatic carbocycles. The first kappa shape index (κ1) is 14.5. The molecule has 0 aliphatic carbocycles. The quantitative estimate of drug-likeness (QED) is 0.883. The molecule has 21 heavy (non-hydrogen) atoms. The summed E-state index contributed by atoms with van der Waals surface area (Å²) < 4.78 is 11.3. The molecule has 0 spiro atoms. The van der Waals surface area contributed by atoms with E-state index in [1.165, 1.54) is 0 Å². The lowest BCUT2D eigenvalue weighted by Crippen LogP contribution is -2.24. The Labute approximate surface area is 133 Å². The maximum Gasteiger partial charge on any atom is 0.127 e. The first-order valence-corrected chi connectivity index (χ1v) is 7.39. The van der Waals surface area contributed by atoms with E-state index < -0.39 is 0 Å². The van der Waals surface area contributed by atoms with Crippen molar-refractivity contribution in [3.63, 3.8) is 0 Å². The van der Waals surface area contributed by atoms with Crippen molar-refractivity contribution in [2.75, 3.05) is 7.11 Å². The van der Waals surface area contributed by atoms with Gasteiger partial charge in [0.1, 0.15) is 17.6 Å². The van der Waals surface area contributed by atoms with Crippen LogP contribution < -0.4 is 15.2 Å². The summed E-state index contributed by atoms with van der Waals surface area (Å²) >= 11 is 12.3. The highest BCUT2D eigenvalue weighted by Gasteiger charge is 2.28. The predicted molar refractivity (Wildman–Crippen MR) is 84.4 cm³/mol. The van der Waals surface area contributed by atoms with E-state index in [-0.39, 0.29) is 12.1 Å². The van der Waals surface area contributed by atoms with Crippen LogP contribution in [-0.2, 0) is 0 Å². The maximum atomic E-state index is 6.27. The van der Waals surface area contributed by atoms with Gasteiger partial charge in [-0.15, -0.1) is 0 Å². The lowest BCUT2D eigenvalue weighted by atomic mass is 9.93. The summed E-state index contributed by atoms with van der Waals surface area (Å²) in [5.74, 6) is 1.53. The minimum absolute atomic E-state index is 0.135. The second-order valence-corrected chi connectivity index (χ2v) is 5.86. The van der Waals surface area contributed by atoms with Gasteiger partial charge in [-0.05, 0) is 36.4 Å². The Morgan fingerprint density at radius 3 is 2.71 bits per heavy atom. The van der Waals surface area contributed by atoms with Crippen LogP contribution in [0.4, 0.5) is 0 Å². The van der Waals surface area contributed by atoms with Crippen LogP contribution in [0.2, 0.25) is 10.0 Å². The molecule has 0 radical (unpaired) electrons. The van der Waals surface area contributed by atoms with E-state index in [1.54, 1.807) is 19.2 Å². The van der Waals surface area contributed by atoms with Crippen molar-refractivity contribution in [3.8, 4) is 11.5 Å². The number of rotatable bonds is 2. The summed E-state index contributed by atoms with van der Waals surface area (Å²) in [5.41, 5.74) is 8.08. The summed E-state index contributed by atoms with van der Waals surface area (Å²) in [6.45, 7) is 0. The summed E-state index contributed by atoms with van der Waals surface area (Å²) in [6, 6.07) is 10.9. The van der Waals surface area contributed by atoms with Crippen LogP contribution in [0, 0.1) is 0 Å². The first-order valence-electron chi connectivity index (χ1n) is 6.63. The van der Waals surface area contributed by atoms with Crippen LogP contribution in [0.15, 0.2) is 36.4 Å². The highest BCUT2D eigenvalue weighted by Crippen LogP contribution is 2.43. The van der Waals surface area contributed by atoms with Crippen LogP contribution in [0.1, 0.15) is 29.7 Å². The Kier molecular flexibility index (Phi) is 3.98. The third kappa shape index (κ3) is 2.82. The number of halogens is 2. The van der Waals surface area contributed by atoms with Crippen molar-refractivity contribution < 1.29 is 9.47 Å². The van der Waals surface area contributed by atoms with E-state index >= 15 is 0 Å². The van der Waals surface area contributed by atoms with Gasteiger partial charge in [0.05, 0.1) is 7.11 Å². The molecule has 3 rings (SSSR count). The summed E-state index contributed by atoms with van der Waals surface area (Å²) in [5, 5.41) is 1.26. The van der Waals surface area contributed by atoms with E-state index in [9.17, 15) is 0 Å². The molecule has 3 nitrogen and oxygen atoms in total. The van der Waals surface area contributed by atoms with Gasteiger partial charge in [0.2, 0.25) is 0 Å². The van der Waals surface area contributed by atoms with Gasteiger partial charge < -0.3 is 15.2 Å². The topological polar surface area (TPSA) is 44.5 Å². The lowest BCUT2D eigenvalue weighted by Gasteiger charge is -2.31. The molecule has 0 amide bonds. The zero-order valence-corrected chi connectivity index (χ0v) is 13.0. The van der Waals surface area contributed by atoms with E-state index in [0.29, 0.717) is 16.5 Å². The fraction of sp³-hybridized carbons (Fsp3) is 0.250. The Morgan fingerprint density at radius 1 is 1.14 bits per heavy atom. The molecule has 0 saturated carbocycles. The second-order valence-electron chi connectivity index (χ2n) is 5.02. The third-order valence-corrected chi connectivity index (χ3v) is 4.24. The molecule has 2 aromatic rings. The zero-order valence-electron chi connectivity index (χ0n) is 11.5. The number of benzene rings is 2. The van der Waals surface area contributed by atoms with Crippen molar-refractivity contribution >= 4 is 23.2 Å². The van der Waals surface area contributed by atoms with Gasteiger partial charge >= 0.3 is 0 Å². The van der Waals surface area contributed by atoms with Gasteiger partial charge in [-0.1, -0.05) is 23.2 Å². The zero-order chi connectivity index (χ0) is 15.0. The van der Waals surface area contributed by atoms with Gasteiger partial charge in [0.15, 0.2) is 0 Å². The highest BCUT2D eigenvalue weighted by atomic mass is 35.5. The fourth-order valence-corrected chi connectivity index (χ4v) is 2.98. The Bertz CT molecular complexity index is 675. The molecule has 110 valence electrons. The van der Waals surface area contributed by atoms with E-state index in [1.807, 2.05) is 24.3 Å². The van der Waals surface area contributed by atoms with Gasteiger partial charge in [-0.25, -0.2) is 0 Å². The van der Waals surface area contributed by atoms with Crippen molar-refractivity contribution in [3.05, 3.63) is 57.6 Å². The standard InChI is InChI=1S/C16H15Cl2NO2/c1-20-10-3-5-15-12(7-10)14(19)8-16(21-15)11-6-9(17)2-4-13(11)18/h2-7,14,16H,8,19H2,1H3/t14-,16?/m0/s1.